The van der Waals surface area contributed by atoms with Crippen molar-refractivity contribution < 1.29 is 4.79 Å². The van der Waals surface area contributed by atoms with Crippen molar-refractivity contribution in [2.24, 2.45) is 0 Å². The predicted molar refractivity (Wildman–Crippen MR) is 99.7 cm³/mol. The molecule has 4 heteroatoms. The second-order valence-electron chi connectivity index (χ2n) is 5.56. The van der Waals surface area contributed by atoms with Gasteiger partial charge in [-0.1, -0.05) is 62.4 Å². The first kappa shape index (κ1) is 17.2. The average Bonchev–Trinajstić information content (AvgIpc) is 2.55. The minimum Gasteiger partial charge on any atom is -0.332 e. The molecule has 0 bridgehead atoms. The lowest BCUT2D eigenvalue weighted by Gasteiger charge is -2.17. The summed E-state index contributed by atoms with van der Waals surface area (Å²) in [5.41, 5.74) is 3.12. The molecule has 0 spiro atoms. The van der Waals surface area contributed by atoms with Gasteiger partial charge in [0.05, 0.1) is 6.42 Å². The van der Waals surface area contributed by atoms with Gasteiger partial charge in [-0.2, -0.15) is 0 Å². The van der Waals surface area contributed by atoms with Gasteiger partial charge in [-0.3, -0.25) is 4.79 Å². The van der Waals surface area contributed by atoms with Crippen molar-refractivity contribution in [2.75, 3.05) is 5.32 Å². The zero-order valence-electron chi connectivity index (χ0n) is 13.5. The molecule has 1 atom stereocenters. The zero-order valence-corrected chi connectivity index (χ0v) is 14.3. The third kappa shape index (κ3) is 5.18. The van der Waals surface area contributed by atoms with Crippen molar-refractivity contribution in [1.82, 2.24) is 5.32 Å². The summed E-state index contributed by atoms with van der Waals surface area (Å²) in [5, 5.41) is 6.22. The van der Waals surface area contributed by atoms with E-state index < -0.39 is 0 Å². The normalized spacial score (nSPS) is 11.6. The van der Waals surface area contributed by atoms with E-state index in [-0.39, 0.29) is 5.91 Å². The first-order valence-electron chi connectivity index (χ1n) is 7.83. The van der Waals surface area contributed by atoms with Crippen molar-refractivity contribution in [1.29, 1.82) is 0 Å². The molecule has 1 amide bonds. The van der Waals surface area contributed by atoms with E-state index in [2.05, 4.69) is 30.5 Å². The van der Waals surface area contributed by atoms with Gasteiger partial charge in [0.25, 0.3) is 0 Å². The molecule has 23 heavy (non-hydrogen) atoms. The molecule has 2 rings (SSSR count). The van der Waals surface area contributed by atoms with Gasteiger partial charge < -0.3 is 10.6 Å². The fourth-order valence-corrected chi connectivity index (χ4v) is 2.59. The Hall–Kier alpha value is -2.20. The maximum atomic E-state index is 12.0. The molecule has 0 radical (unpaired) electrons. The number of anilines is 1. The smallest absolute Gasteiger partial charge is 0.230 e. The number of benzene rings is 2. The number of para-hydroxylation sites is 1. The van der Waals surface area contributed by atoms with Crippen LogP contribution in [0.3, 0.4) is 0 Å². The zero-order chi connectivity index (χ0) is 16.7. The summed E-state index contributed by atoms with van der Waals surface area (Å²) in [4.78, 5) is 12.0. The number of rotatable bonds is 5. The van der Waals surface area contributed by atoms with Crippen LogP contribution >= 0.6 is 12.2 Å². The Bertz CT molecular complexity index is 670. The summed E-state index contributed by atoms with van der Waals surface area (Å²) in [6.45, 7) is 4.33. The topological polar surface area (TPSA) is 41.1 Å². The molecule has 2 aromatic carbocycles. The highest BCUT2D eigenvalue weighted by atomic mass is 32.1. The lowest BCUT2D eigenvalue weighted by Crippen LogP contribution is -2.35. The molecule has 0 aliphatic carbocycles. The fourth-order valence-electron chi connectivity index (χ4n) is 2.37. The van der Waals surface area contributed by atoms with Crippen molar-refractivity contribution >= 4 is 28.9 Å². The van der Waals surface area contributed by atoms with Crippen molar-refractivity contribution in [2.45, 2.75) is 32.6 Å². The maximum Gasteiger partial charge on any atom is 0.230 e. The van der Waals surface area contributed by atoms with E-state index >= 15 is 0 Å². The van der Waals surface area contributed by atoms with E-state index in [1.807, 2.05) is 48.5 Å². The van der Waals surface area contributed by atoms with Crippen molar-refractivity contribution in [3.05, 3.63) is 65.7 Å². The molecule has 0 heterocycles. The molecular weight excluding hydrogens is 304 g/mol. The number of amides is 1. The molecule has 0 aromatic heterocycles. The highest BCUT2D eigenvalue weighted by Gasteiger charge is 2.11. The number of nitrogens with one attached hydrogen (secondary N) is 2. The van der Waals surface area contributed by atoms with Crippen LogP contribution in [-0.2, 0) is 11.2 Å². The highest BCUT2D eigenvalue weighted by molar-refractivity contribution is 7.80. The second-order valence-corrected chi connectivity index (χ2v) is 5.97. The van der Waals surface area contributed by atoms with Crippen LogP contribution in [0.4, 0.5) is 5.69 Å². The Labute approximate surface area is 143 Å². The van der Waals surface area contributed by atoms with E-state index in [4.69, 9.17) is 12.2 Å². The van der Waals surface area contributed by atoms with E-state index in [9.17, 15) is 4.79 Å². The van der Waals surface area contributed by atoms with Gasteiger partial charge in [-0.25, -0.2) is 0 Å². The third-order valence-corrected chi connectivity index (χ3v) is 4.02. The Kier molecular flexibility index (Phi) is 6.29. The summed E-state index contributed by atoms with van der Waals surface area (Å²) in [5.74, 6) is 0.316. The second kappa shape index (κ2) is 8.44. The van der Waals surface area contributed by atoms with E-state index in [1.165, 1.54) is 5.56 Å². The van der Waals surface area contributed by atoms with Gasteiger partial charge in [0, 0.05) is 5.69 Å². The van der Waals surface area contributed by atoms with Gasteiger partial charge in [0.1, 0.15) is 0 Å². The molecule has 2 aromatic rings. The molecule has 0 unspecified atom stereocenters. The lowest BCUT2D eigenvalue weighted by molar-refractivity contribution is -0.119. The van der Waals surface area contributed by atoms with E-state index in [0.29, 0.717) is 17.5 Å². The number of thiocarbonyl (C=S) groups is 1. The van der Waals surface area contributed by atoms with Gasteiger partial charge in [-0.05, 0) is 41.7 Å². The minimum atomic E-state index is -0.116. The van der Waals surface area contributed by atoms with Crippen LogP contribution in [0.25, 0.3) is 0 Å². The molecule has 120 valence electrons. The Morgan fingerprint density at radius 3 is 2.43 bits per heavy atom. The molecule has 2 N–H and O–H groups in total. The first-order chi connectivity index (χ1) is 11.1. The van der Waals surface area contributed by atoms with Gasteiger partial charge in [0.15, 0.2) is 5.11 Å². The van der Waals surface area contributed by atoms with Gasteiger partial charge in [-0.15, -0.1) is 0 Å². The Balaban J connectivity index is 1.96. The Morgan fingerprint density at radius 1 is 1.09 bits per heavy atom. The average molecular weight is 326 g/mol. The standard InChI is InChI=1S/C19H22N2OS/c1-3-14(2)16-11-7-8-12-17(16)20-19(23)21-18(22)13-15-9-5-4-6-10-15/h4-12,14H,3,13H2,1-2H3,(H2,20,21,22,23)/t14-/m1/s1. The third-order valence-electron chi connectivity index (χ3n) is 3.81. The number of carbonyl (C=O) groups excluding carboxylic acids is 1. The van der Waals surface area contributed by atoms with Crippen LogP contribution < -0.4 is 10.6 Å². The predicted octanol–water partition coefficient (Wildman–Crippen LogP) is 4.26. The number of hydrogen-bond acceptors (Lipinski definition) is 2. The van der Waals surface area contributed by atoms with Crippen molar-refractivity contribution in [3.8, 4) is 0 Å². The Morgan fingerprint density at radius 2 is 1.74 bits per heavy atom. The van der Waals surface area contributed by atoms with Crippen LogP contribution in [0.2, 0.25) is 0 Å². The van der Waals surface area contributed by atoms with Crippen LogP contribution in [0.1, 0.15) is 37.3 Å². The van der Waals surface area contributed by atoms with Gasteiger partial charge >= 0.3 is 0 Å². The fraction of sp³-hybridized carbons (Fsp3) is 0.263. The summed E-state index contributed by atoms with van der Waals surface area (Å²) in [6.07, 6.45) is 1.36. The van der Waals surface area contributed by atoms with Crippen LogP contribution in [0.5, 0.6) is 0 Å². The quantitative estimate of drug-likeness (QED) is 0.807. The number of carbonyl (C=O) groups is 1. The highest BCUT2D eigenvalue weighted by Crippen LogP contribution is 2.26. The molecule has 0 saturated heterocycles. The maximum absolute atomic E-state index is 12.0. The molecular formula is C19H22N2OS. The van der Waals surface area contributed by atoms with Crippen LogP contribution in [-0.4, -0.2) is 11.0 Å². The lowest BCUT2D eigenvalue weighted by atomic mass is 9.97. The first-order valence-corrected chi connectivity index (χ1v) is 8.24. The summed E-state index contributed by atoms with van der Waals surface area (Å²) in [7, 11) is 0. The van der Waals surface area contributed by atoms with Crippen LogP contribution in [0.15, 0.2) is 54.6 Å². The monoisotopic (exact) mass is 326 g/mol. The van der Waals surface area contributed by atoms with E-state index in [0.717, 1.165) is 17.7 Å². The SMILES string of the molecule is CC[C@@H](C)c1ccccc1NC(=S)NC(=O)Cc1ccccc1. The van der Waals surface area contributed by atoms with Gasteiger partial charge in [0.2, 0.25) is 5.91 Å². The summed E-state index contributed by atoms with van der Waals surface area (Å²) >= 11 is 5.27. The van der Waals surface area contributed by atoms with Crippen LogP contribution in [0, 0.1) is 0 Å². The molecule has 0 aliphatic rings. The molecule has 3 nitrogen and oxygen atoms in total. The number of hydrogen-bond donors (Lipinski definition) is 2. The summed E-state index contributed by atoms with van der Waals surface area (Å²) in [6, 6.07) is 17.7. The minimum absolute atomic E-state index is 0.116. The largest absolute Gasteiger partial charge is 0.332 e. The molecule has 0 aliphatic heterocycles. The molecule has 0 saturated carbocycles. The van der Waals surface area contributed by atoms with Crippen molar-refractivity contribution in [3.63, 3.8) is 0 Å². The summed E-state index contributed by atoms with van der Waals surface area (Å²) < 4.78 is 0. The van der Waals surface area contributed by atoms with E-state index in [1.54, 1.807) is 0 Å². The molecule has 0 fully saturated rings.